The van der Waals surface area contributed by atoms with E-state index in [2.05, 4.69) is 22.0 Å². The summed E-state index contributed by atoms with van der Waals surface area (Å²) in [5, 5.41) is 15.3. The Morgan fingerprint density at radius 2 is 1.86 bits per heavy atom. The van der Waals surface area contributed by atoms with Crippen LogP contribution in [0.25, 0.3) is 22.4 Å². The van der Waals surface area contributed by atoms with E-state index in [0.29, 0.717) is 66.9 Å². The Morgan fingerprint density at radius 3 is 2.55 bits per heavy atom. The van der Waals surface area contributed by atoms with Gasteiger partial charge in [0, 0.05) is 35.1 Å². The Bertz CT molecular complexity index is 1880. The van der Waals surface area contributed by atoms with Crippen LogP contribution < -0.4 is 4.74 Å². The van der Waals surface area contributed by atoms with Gasteiger partial charge in [-0.3, -0.25) is 0 Å². The molecule has 1 N–H and O–H groups in total. The maximum atomic E-state index is 11.8. The zero-order valence-corrected chi connectivity index (χ0v) is 24.6. The van der Waals surface area contributed by atoms with Crippen LogP contribution in [0, 0.1) is 11.8 Å². The fourth-order valence-corrected chi connectivity index (χ4v) is 5.46. The van der Waals surface area contributed by atoms with E-state index in [1.807, 2.05) is 6.92 Å². The predicted molar refractivity (Wildman–Crippen MR) is 161 cm³/mol. The van der Waals surface area contributed by atoms with Gasteiger partial charge in [0.1, 0.15) is 34.9 Å². The van der Waals surface area contributed by atoms with Crippen molar-refractivity contribution in [2.75, 3.05) is 0 Å². The highest BCUT2D eigenvalue weighted by atomic mass is 35.5. The Labute approximate surface area is 256 Å². The van der Waals surface area contributed by atoms with Gasteiger partial charge in [-0.2, -0.15) is 0 Å². The van der Waals surface area contributed by atoms with Crippen molar-refractivity contribution in [3.05, 3.63) is 97.5 Å². The molecule has 3 aromatic carbocycles. The molecule has 1 aliphatic rings. The van der Waals surface area contributed by atoms with E-state index in [9.17, 15) is 9.90 Å². The molecule has 0 unspecified atom stereocenters. The first kappa shape index (κ1) is 28.2. The molecule has 10 heteroatoms. The minimum atomic E-state index is -1.11. The van der Waals surface area contributed by atoms with Gasteiger partial charge in [-0.15, -0.1) is 0 Å². The summed E-state index contributed by atoms with van der Waals surface area (Å²) in [5.74, 6) is 7.01. The Balaban J connectivity index is 1.24. The number of hydrogen-bond donors (Lipinski definition) is 1. The molecule has 2 aromatic heterocycles. The highest BCUT2D eigenvalue weighted by Gasteiger charge is 2.33. The smallest absolute Gasteiger partial charge is 0.339 e. The number of fused-ring (bicyclic) bond motifs is 1. The molecule has 0 atom stereocenters. The number of nitrogens with zero attached hydrogens (tertiary/aromatic N) is 2. The highest BCUT2D eigenvalue weighted by Crippen LogP contribution is 2.46. The van der Waals surface area contributed by atoms with Gasteiger partial charge in [0.2, 0.25) is 0 Å². The number of ether oxygens (including phenoxy) is 1. The standard InChI is InChI=1S/C32H23Cl3N2O5/c1-2-4-27-36-26-14-17(13-21(32(38)39)31(26)41-27)7-8-18-11-12-20(15-25(18)35)40-16-22-29(37-42-30(22)19-9-10-19)28-23(33)5-3-6-24(28)34/h3,5-6,11-15,19H,2,4,9-10,16H2,1H3,(H,38,39). The van der Waals surface area contributed by atoms with E-state index in [4.69, 9.17) is 48.5 Å². The molecule has 0 saturated heterocycles. The molecular formula is C32H23Cl3N2O5. The summed E-state index contributed by atoms with van der Waals surface area (Å²) in [4.78, 5) is 16.3. The zero-order chi connectivity index (χ0) is 29.4. The second kappa shape index (κ2) is 11.7. The van der Waals surface area contributed by atoms with Gasteiger partial charge in [0.25, 0.3) is 0 Å². The van der Waals surface area contributed by atoms with Crippen LogP contribution in [0.5, 0.6) is 5.75 Å². The van der Waals surface area contributed by atoms with Crippen molar-refractivity contribution in [2.45, 2.75) is 45.1 Å². The number of carbonyl (C=O) groups is 1. The second-order valence-corrected chi connectivity index (χ2v) is 11.2. The summed E-state index contributed by atoms with van der Waals surface area (Å²) >= 11 is 19.5. The minimum absolute atomic E-state index is 0.0123. The second-order valence-electron chi connectivity index (χ2n) is 9.96. The van der Waals surface area contributed by atoms with E-state index in [1.165, 1.54) is 6.07 Å². The summed E-state index contributed by atoms with van der Waals surface area (Å²) in [6.45, 7) is 2.18. The third-order valence-corrected chi connectivity index (χ3v) is 7.80. The lowest BCUT2D eigenvalue weighted by atomic mass is 10.0. The highest BCUT2D eigenvalue weighted by molar-refractivity contribution is 6.39. The maximum absolute atomic E-state index is 11.8. The lowest BCUT2D eigenvalue weighted by molar-refractivity contribution is 0.0697. The van der Waals surface area contributed by atoms with Gasteiger partial charge < -0.3 is 18.8 Å². The van der Waals surface area contributed by atoms with Gasteiger partial charge in [0.05, 0.1) is 20.6 Å². The number of rotatable bonds is 8. The molecule has 6 rings (SSSR count). The minimum Gasteiger partial charge on any atom is -0.489 e. The van der Waals surface area contributed by atoms with Crippen LogP contribution >= 0.6 is 34.8 Å². The van der Waals surface area contributed by atoms with E-state index in [0.717, 1.165) is 30.6 Å². The average Bonchev–Trinajstić information content (AvgIpc) is 3.59. The van der Waals surface area contributed by atoms with Crippen molar-refractivity contribution in [1.29, 1.82) is 0 Å². The summed E-state index contributed by atoms with van der Waals surface area (Å²) in [7, 11) is 0. The molecule has 2 heterocycles. The number of aromatic carboxylic acids is 1. The Hall–Kier alpha value is -3.96. The van der Waals surface area contributed by atoms with Gasteiger partial charge in [-0.1, -0.05) is 64.8 Å². The van der Waals surface area contributed by atoms with E-state index in [-0.39, 0.29) is 17.8 Å². The van der Waals surface area contributed by atoms with Gasteiger partial charge >= 0.3 is 5.97 Å². The van der Waals surface area contributed by atoms with Crippen LogP contribution in [0.1, 0.15) is 70.8 Å². The van der Waals surface area contributed by atoms with Crippen LogP contribution in [0.3, 0.4) is 0 Å². The van der Waals surface area contributed by atoms with Crippen molar-refractivity contribution < 1.29 is 23.6 Å². The van der Waals surface area contributed by atoms with E-state index >= 15 is 0 Å². The molecule has 212 valence electrons. The first-order valence-corrected chi connectivity index (χ1v) is 14.5. The topological polar surface area (TPSA) is 98.6 Å². The third-order valence-electron chi connectivity index (χ3n) is 6.86. The fraction of sp³-hybridized carbons (Fsp3) is 0.219. The van der Waals surface area contributed by atoms with Gasteiger partial charge in [0.15, 0.2) is 11.5 Å². The summed E-state index contributed by atoms with van der Waals surface area (Å²) < 4.78 is 17.5. The molecule has 0 radical (unpaired) electrons. The maximum Gasteiger partial charge on any atom is 0.339 e. The number of benzene rings is 3. The number of carboxylic acids is 1. The normalized spacial score (nSPS) is 12.8. The monoisotopic (exact) mass is 620 g/mol. The fourth-order valence-electron chi connectivity index (χ4n) is 4.66. The molecular weight excluding hydrogens is 599 g/mol. The number of halogens is 3. The van der Waals surface area contributed by atoms with E-state index < -0.39 is 5.97 Å². The Kier molecular flexibility index (Phi) is 7.87. The number of carboxylic acid groups (broad SMARTS) is 1. The molecule has 7 nitrogen and oxygen atoms in total. The number of hydrogen-bond acceptors (Lipinski definition) is 6. The molecule has 0 bridgehead atoms. The molecule has 1 fully saturated rings. The summed E-state index contributed by atoms with van der Waals surface area (Å²) in [6, 6.07) is 13.7. The van der Waals surface area contributed by atoms with Crippen LogP contribution in [-0.4, -0.2) is 21.2 Å². The third kappa shape index (κ3) is 5.71. The number of aryl methyl sites for hydroxylation is 1. The number of oxazole rings is 1. The summed E-state index contributed by atoms with van der Waals surface area (Å²) in [6.07, 6.45) is 3.49. The molecule has 42 heavy (non-hydrogen) atoms. The Morgan fingerprint density at radius 1 is 1.07 bits per heavy atom. The SMILES string of the molecule is CCCc1nc2cc(C#Cc3ccc(OCc4c(-c5c(Cl)cccc5Cl)noc4C4CC4)cc3Cl)cc(C(=O)O)c2o1. The molecule has 0 aliphatic heterocycles. The van der Waals surface area contributed by atoms with Crippen LogP contribution in [0.15, 0.2) is 57.5 Å². The van der Waals surface area contributed by atoms with Crippen LogP contribution in [-0.2, 0) is 13.0 Å². The molecule has 0 spiro atoms. The molecule has 1 aliphatic carbocycles. The van der Waals surface area contributed by atoms with Crippen molar-refractivity contribution in [3.63, 3.8) is 0 Å². The molecule has 5 aromatic rings. The van der Waals surface area contributed by atoms with Crippen molar-refractivity contribution >= 4 is 51.9 Å². The average molecular weight is 622 g/mol. The lowest BCUT2D eigenvalue weighted by Crippen LogP contribution is -2.00. The van der Waals surface area contributed by atoms with Gasteiger partial charge in [-0.25, -0.2) is 9.78 Å². The predicted octanol–water partition coefficient (Wildman–Crippen LogP) is 8.95. The van der Waals surface area contributed by atoms with Gasteiger partial charge in [-0.05, 0) is 55.7 Å². The zero-order valence-electron chi connectivity index (χ0n) is 22.3. The van der Waals surface area contributed by atoms with Crippen LogP contribution in [0.2, 0.25) is 15.1 Å². The molecule has 0 amide bonds. The molecule has 1 saturated carbocycles. The van der Waals surface area contributed by atoms with Crippen molar-refractivity contribution in [1.82, 2.24) is 10.1 Å². The quantitative estimate of drug-likeness (QED) is 0.173. The lowest BCUT2D eigenvalue weighted by Gasteiger charge is -2.10. The largest absolute Gasteiger partial charge is 0.489 e. The van der Waals surface area contributed by atoms with Crippen molar-refractivity contribution in [3.8, 4) is 28.8 Å². The van der Waals surface area contributed by atoms with Crippen LogP contribution in [0.4, 0.5) is 0 Å². The first-order chi connectivity index (χ1) is 20.3. The summed E-state index contributed by atoms with van der Waals surface area (Å²) in [5.41, 5.74) is 3.72. The van der Waals surface area contributed by atoms with E-state index in [1.54, 1.807) is 42.5 Å². The van der Waals surface area contributed by atoms with Crippen molar-refractivity contribution in [2.24, 2.45) is 0 Å². The first-order valence-electron chi connectivity index (χ1n) is 13.4. The number of aromatic nitrogens is 2.